The van der Waals surface area contributed by atoms with Gasteiger partial charge in [0.1, 0.15) is 4.90 Å². The van der Waals surface area contributed by atoms with Gasteiger partial charge in [0, 0.05) is 29.3 Å². The fraction of sp³-hybridized carbons (Fsp3) is 0.417. The molecule has 0 saturated heterocycles. The first-order valence-electron chi connectivity index (χ1n) is 5.76. The Hall–Kier alpha value is -0.780. The highest BCUT2D eigenvalue weighted by Gasteiger charge is 2.21. The minimum Gasteiger partial charge on any atom is -0.339 e. The lowest BCUT2D eigenvalue weighted by molar-refractivity contribution is 0.0772. The normalized spacial score (nSPS) is 11.4. The summed E-state index contributed by atoms with van der Waals surface area (Å²) in [5.74, 6) is -0.244. The van der Waals surface area contributed by atoms with Gasteiger partial charge in [0.2, 0.25) is 0 Å². The fourth-order valence-corrected chi connectivity index (χ4v) is 3.27. The van der Waals surface area contributed by atoms with Crippen molar-refractivity contribution in [3.63, 3.8) is 0 Å². The number of halogens is 2. The van der Waals surface area contributed by atoms with Crippen LogP contribution >= 0.6 is 22.3 Å². The molecule has 0 aliphatic rings. The second-order valence-electron chi connectivity index (χ2n) is 4.02. The molecule has 0 N–H and O–H groups in total. The van der Waals surface area contributed by atoms with E-state index in [2.05, 4.69) is 0 Å². The van der Waals surface area contributed by atoms with Gasteiger partial charge in [-0.25, -0.2) is 8.42 Å². The fourth-order valence-electron chi connectivity index (χ4n) is 1.73. The van der Waals surface area contributed by atoms with E-state index in [9.17, 15) is 13.2 Å². The average molecular weight is 324 g/mol. The zero-order valence-electron chi connectivity index (χ0n) is 10.9. The van der Waals surface area contributed by atoms with Crippen molar-refractivity contribution in [2.24, 2.45) is 0 Å². The highest BCUT2D eigenvalue weighted by molar-refractivity contribution is 8.13. The molecule has 4 nitrogen and oxygen atoms in total. The Kier molecular flexibility index (Phi) is 5.24. The molecule has 0 bridgehead atoms. The summed E-state index contributed by atoms with van der Waals surface area (Å²) in [6.07, 6.45) is 0. The van der Waals surface area contributed by atoms with Crippen molar-refractivity contribution >= 4 is 37.2 Å². The highest BCUT2D eigenvalue weighted by Crippen LogP contribution is 2.29. The number of hydrogen-bond donors (Lipinski definition) is 0. The van der Waals surface area contributed by atoms with Crippen LogP contribution in [0.2, 0.25) is 5.02 Å². The molecule has 0 saturated carbocycles. The van der Waals surface area contributed by atoms with E-state index in [-0.39, 0.29) is 21.4 Å². The van der Waals surface area contributed by atoms with Crippen LogP contribution in [0.3, 0.4) is 0 Å². The quantitative estimate of drug-likeness (QED) is 0.800. The minimum atomic E-state index is -3.98. The van der Waals surface area contributed by atoms with Gasteiger partial charge in [-0.2, -0.15) is 0 Å². The lowest BCUT2D eigenvalue weighted by Crippen LogP contribution is -2.30. The van der Waals surface area contributed by atoms with Gasteiger partial charge in [0.25, 0.3) is 15.0 Å². The monoisotopic (exact) mass is 323 g/mol. The largest absolute Gasteiger partial charge is 0.339 e. The van der Waals surface area contributed by atoms with Crippen LogP contribution in [0.25, 0.3) is 0 Å². The molecule has 0 radical (unpaired) electrons. The zero-order valence-corrected chi connectivity index (χ0v) is 13.2. The van der Waals surface area contributed by atoms with Crippen molar-refractivity contribution in [1.82, 2.24) is 4.90 Å². The summed E-state index contributed by atoms with van der Waals surface area (Å²) >= 11 is 5.91. The maximum Gasteiger partial charge on any atom is 0.262 e. The van der Waals surface area contributed by atoms with Crippen LogP contribution in [0.4, 0.5) is 0 Å². The van der Waals surface area contributed by atoms with Crippen LogP contribution in [-0.4, -0.2) is 32.3 Å². The lowest BCUT2D eigenvalue weighted by Gasteiger charge is -2.19. The Morgan fingerprint density at radius 3 is 2.21 bits per heavy atom. The van der Waals surface area contributed by atoms with Gasteiger partial charge in [0.05, 0.1) is 5.02 Å². The molecule has 0 spiro atoms. The smallest absolute Gasteiger partial charge is 0.262 e. The van der Waals surface area contributed by atoms with Crippen molar-refractivity contribution in [1.29, 1.82) is 0 Å². The Balaban J connectivity index is 3.40. The van der Waals surface area contributed by atoms with E-state index in [4.69, 9.17) is 22.3 Å². The molecular formula is C12H15Cl2NO3S. The summed E-state index contributed by atoms with van der Waals surface area (Å²) < 4.78 is 22.9. The van der Waals surface area contributed by atoms with Gasteiger partial charge in [-0.1, -0.05) is 11.6 Å². The van der Waals surface area contributed by atoms with E-state index in [0.29, 0.717) is 18.7 Å². The molecule has 1 aromatic carbocycles. The molecule has 106 valence electrons. The summed E-state index contributed by atoms with van der Waals surface area (Å²) in [5, 5.41) is 0.0473. The van der Waals surface area contributed by atoms with E-state index >= 15 is 0 Å². The predicted molar refractivity (Wildman–Crippen MR) is 76.5 cm³/mol. The number of hydrogen-bond acceptors (Lipinski definition) is 3. The van der Waals surface area contributed by atoms with E-state index in [1.54, 1.807) is 17.9 Å². The Bertz CT molecular complexity index is 595. The van der Waals surface area contributed by atoms with E-state index in [0.717, 1.165) is 0 Å². The molecule has 7 heteroatoms. The van der Waals surface area contributed by atoms with Crippen molar-refractivity contribution in [3.8, 4) is 0 Å². The number of benzene rings is 1. The number of carbonyl (C=O) groups is 1. The van der Waals surface area contributed by atoms with Crippen LogP contribution in [0.5, 0.6) is 0 Å². The van der Waals surface area contributed by atoms with Crippen molar-refractivity contribution in [2.75, 3.05) is 13.1 Å². The van der Waals surface area contributed by atoms with Crippen LogP contribution in [0.15, 0.2) is 17.0 Å². The molecule has 19 heavy (non-hydrogen) atoms. The van der Waals surface area contributed by atoms with E-state index in [1.165, 1.54) is 6.07 Å². The molecule has 0 fully saturated rings. The minimum absolute atomic E-state index is 0.0473. The number of nitrogens with zero attached hydrogens (tertiary/aromatic N) is 1. The predicted octanol–water partition coefficient (Wildman–Crippen LogP) is 3.06. The summed E-state index contributed by atoms with van der Waals surface area (Å²) in [5.41, 5.74) is 0.767. The zero-order chi connectivity index (χ0) is 14.8. The summed E-state index contributed by atoms with van der Waals surface area (Å²) in [7, 11) is 1.34. The molecule has 1 aromatic rings. The first-order valence-corrected chi connectivity index (χ1v) is 8.45. The molecule has 0 atom stereocenters. The SMILES string of the molecule is CCN(CC)C(=O)c1cc(C)c(Cl)c(S(=O)(=O)Cl)c1. The third-order valence-electron chi connectivity index (χ3n) is 2.78. The first kappa shape index (κ1) is 16.3. The number of rotatable bonds is 4. The Morgan fingerprint density at radius 2 is 1.79 bits per heavy atom. The maximum atomic E-state index is 12.2. The molecule has 1 amide bonds. The summed E-state index contributed by atoms with van der Waals surface area (Å²) in [6, 6.07) is 2.78. The molecule has 0 unspecified atom stereocenters. The van der Waals surface area contributed by atoms with Crippen LogP contribution < -0.4 is 0 Å². The lowest BCUT2D eigenvalue weighted by atomic mass is 10.1. The van der Waals surface area contributed by atoms with Gasteiger partial charge in [-0.3, -0.25) is 4.79 Å². The molecule has 1 rings (SSSR count). The topological polar surface area (TPSA) is 54.5 Å². The molecule has 0 heterocycles. The Labute approximate surface area is 122 Å². The molecule has 0 aliphatic heterocycles. The van der Waals surface area contributed by atoms with Crippen molar-refractivity contribution in [3.05, 3.63) is 28.3 Å². The maximum absolute atomic E-state index is 12.2. The van der Waals surface area contributed by atoms with Gasteiger partial charge in [0.15, 0.2) is 0 Å². The van der Waals surface area contributed by atoms with Crippen molar-refractivity contribution < 1.29 is 13.2 Å². The third kappa shape index (κ3) is 3.61. The summed E-state index contributed by atoms with van der Waals surface area (Å²) in [4.78, 5) is 13.6. The van der Waals surface area contributed by atoms with Gasteiger partial charge >= 0.3 is 0 Å². The van der Waals surface area contributed by atoms with Gasteiger partial charge in [-0.15, -0.1) is 0 Å². The second kappa shape index (κ2) is 6.11. The molecule has 0 aromatic heterocycles. The first-order chi connectivity index (χ1) is 8.72. The van der Waals surface area contributed by atoms with Crippen LogP contribution in [0.1, 0.15) is 29.8 Å². The molecular weight excluding hydrogens is 309 g/mol. The third-order valence-corrected chi connectivity index (χ3v) is 4.74. The van der Waals surface area contributed by atoms with Crippen molar-refractivity contribution in [2.45, 2.75) is 25.7 Å². The number of aryl methyl sites for hydroxylation is 1. The number of amides is 1. The van der Waals surface area contributed by atoms with Gasteiger partial charge in [-0.05, 0) is 38.5 Å². The van der Waals surface area contributed by atoms with Crippen LogP contribution in [0, 0.1) is 6.92 Å². The van der Waals surface area contributed by atoms with Gasteiger partial charge < -0.3 is 4.90 Å². The van der Waals surface area contributed by atoms with E-state index in [1.807, 2.05) is 13.8 Å². The highest BCUT2D eigenvalue weighted by atomic mass is 35.7. The second-order valence-corrected chi connectivity index (χ2v) is 6.93. The average Bonchev–Trinajstić information content (AvgIpc) is 2.32. The standard InChI is InChI=1S/C12H15Cl2NO3S/c1-4-15(5-2)12(16)9-6-8(3)11(13)10(7-9)19(14,17)18/h6-7H,4-5H2,1-3H3. The number of carbonyl (C=O) groups excluding carboxylic acids is 1. The Morgan fingerprint density at radius 1 is 1.26 bits per heavy atom. The summed E-state index contributed by atoms with van der Waals surface area (Å²) in [6.45, 7) is 6.42. The molecule has 0 aliphatic carbocycles. The van der Waals surface area contributed by atoms with E-state index < -0.39 is 9.05 Å². The van der Waals surface area contributed by atoms with Crippen LogP contribution in [-0.2, 0) is 9.05 Å².